The highest BCUT2D eigenvalue weighted by Gasteiger charge is 2.11. The van der Waals surface area contributed by atoms with Gasteiger partial charge in [-0.05, 0) is 6.07 Å². The number of benzene rings is 1. The Kier molecular flexibility index (Phi) is 4.04. The number of nitrogens with zero attached hydrogens (tertiary/aromatic N) is 2. The Morgan fingerprint density at radius 3 is 2.83 bits per heavy atom. The molecule has 0 amide bonds. The van der Waals surface area contributed by atoms with Crippen LogP contribution >= 0.6 is 15.9 Å². The Bertz CT molecular complexity index is 572. The zero-order valence-electron chi connectivity index (χ0n) is 9.76. The predicted octanol–water partition coefficient (Wildman–Crippen LogP) is 2.67. The highest BCUT2D eigenvalue weighted by atomic mass is 79.9. The Hall–Kier alpha value is -1.75. The van der Waals surface area contributed by atoms with E-state index in [0.29, 0.717) is 17.1 Å². The van der Waals surface area contributed by atoms with Crippen LogP contribution in [0.25, 0.3) is 0 Å². The maximum absolute atomic E-state index is 12.1. The van der Waals surface area contributed by atoms with Crippen LogP contribution in [0.5, 0.6) is 5.88 Å². The fourth-order valence-electron chi connectivity index (χ4n) is 1.53. The van der Waals surface area contributed by atoms with E-state index in [4.69, 9.17) is 4.74 Å². The maximum atomic E-state index is 12.1. The largest absolute Gasteiger partial charge is 0.481 e. The van der Waals surface area contributed by atoms with Gasteiger partial charge in [0.1, 0.15) is 6.33 Å². The lowest BCUT2D eigenvalue weighted by Gasteiger charge is -2.04. The number of methoxy groups -OCH3 is 1. The number of aromatic nitrogens is 2. The van der Waals surface area contributed by atoms with Crippen molar-refractivity contribution < 1.29 is 9.53 Å². The fourth-order valence-corrected chi connectivity index (χ4v) is 2.04. The van der Waals surface area contributed by atoms with Crippen molar-refractivity contribution in [2.24, 2.45) is 0 Å². The lowest BCUT2D eigenvalue weighted by atomic mass is 10.1. The molecule has 2 rings (SSSR count). The highest BCUT2D eigenvalue weighted by Crippen LogP contribution is 2.18. The minimum absolute atomic E-state index is 0.00299. The lowest BCUT2D eigenvalue weighted by molar-refractivity contribution is 0.0991. The van der Waals surface area contributed by atoms with E-state index in [1.54, 1.807) is 12.1 Å². The minimum Gasteiger partial charge on any atom is -0.481 e. The number of carbonyl (C=O) groups is 1. The maximum Gasteiger partial charge on any atom is 0.216 e. The van der Waals surface area contributed by atoms with Gasteiger partial charge in [-0.15, -0.1) is 0 Å². The van der Waals surface area contributed by atoms with E-state index in [-0.39, 0.29) is 12.2 Å². The van der Waals surface area contributed by atoms with Crippen molar-refractivity contribution in [1.29, 1.82) is 0 Å². The molecule has 0 radical (unpaired) electrons. The molecule has 1 heterocycles. The van der Waals surface area contributed by atoms with Gasteiger partial charge in [0.2, 0.25) is 5.88 Å². The average molecular weight is 307 g/mol. The Morgan fingerprint density at radius 1 is 1.33 bits per heavy atom. The third kappa shape index (κ3) is 2.92. The van der Waals surface area contributed by atoms with Crippen molar-refractivity contribution >= 4 is 21.7 Å². The molecule has 0 N–H and O–H groups in total. The number of rotatable bonds is 4. The van der Waals surface area contributed by atoms with Crippen molar-refractivity contribution in [3.05, 3.63) is 52.4 Å². The normalized spacial score (nSPS) is 10.1. The first-order valence-electron chi connectivity index (χ1n) is 5.33. The van der Waals surface area contributed by atoms with Crippen LogP contribution in [-0.4, -0.2) is 22.9 Å². The standard InChI is InChI=1S/C13H11BrN2O2/c1-18-13-7-9(15-8-16-13)6-12(17)10-4-2-3-5-11(10)14/h2-5,7-8H,6H2,1H3. The number of Topliss-reactive ketones (excluding diaryl/α,β-unsaturated/α-hetero) is 1. The van der Waals surface area contributed by atoms with Crippen LogP contribution in [0.1, 0.15) is 16.1 Å². The average Bonchev–Trinajstić information content (AvgIpc) is 2.39. The van der Waals surface area contributed by atoms with E-state index in [1.807, 2.05) is 18.2 Å². The summed E-state index contributed by atoms with van der Waals surface area (Å²) in [6, 6.07) is 8.99. The summed E-state index contributed by atoms with van der Waals surface area (Å²) in [5, 5.41) is 0. The molecule has 0 atom stereocenters. The molecule has 0 aliphatic rings. The van der Waals surface area contributed by atoms with Gasteiger partial charge in [0, 0.05) is 16.1 Å². The molecular weight excluding hydrogens is 296 g/mol. The molecule has 1 aromatic heterocycles. The number of hydrogen-bond donors (Lipinski definition) is 0. The van der Waals surface area contributed by atoms with Gasteiger partial charge < -0.3 is 4.74 Å². The first-order valence-corrected chi connectivity index (χ1v) is 6.12. The van der Waals surface area contributed by atoms with Crippen molar-refractivity contribution in [3.63, 3.8) is 0 Å². The van der Waals surface area contributed by atoms with Crippen LogP contribution in [0.15, 0.2) is 41.1 Å². The van der Waals surface area contributed by atoms with Crippen LogP contribution in [0.3, 0.4) is 0 Å². The van der Waals surface area contributed by atoms with Gasteiger partial charge in [-0.3, -0.25) is 4.79 Å². The number of carbonyl (C=O) groups excluding carboxylic acids is 1. The molecule has 0 aliphatic heterocycles. The van der Waals surface area contributed by atoms with Crippen molar-refractivity contribution in [1.82, 2.24) is 9.97 Å². The van der Waals surface area contributed by atoms with Gasteiger partial charge in [-0.1, -0.05) is 34.1 Å². The summed E-state index contributed by atoms with van der Waals surface area (Å²) in [4.78, 5) is 20.1. The van der Waals surface area contributed by atoms with E-state index >= 15 is 0 Å². The minimum atomic E-state index is 0.00299. The third-order valence-electron chi connectivity index (χ3n) is 2.42. The molecular formula is C13H11BrN2O2. The van der Waals surface area contributed by atoms with Crippen molar-refractivity contribution in [3.8, 4) is 5.88 Å². The van der Waals surface area contributed by atoms with E-state index in [0.717, 1.165) is 4.47 Å². The molecule has 0 aliphatic carbocycles. The molecule has 0 bridgehead atoms. The molecule has 0 unspecified atom stereocenters. The van der Waals surface area contributed by atoms with Gasteiger partial charge in [0.25, 0.3) is 0 Å². The quantitative estimate of drug-likeness (QED) is 0.815. The summed E-state index contributed by atoms with van der Waals surface area (Å²) >= 11 is 3.36. The summed E-state index contributed by atoms with van der Waals surface area (Å²) in [5.74, 6) is 0.461. The second kappa shape index (κ2) is 5.73. The molecule has 2 aromatic rings. The van der Waals surface area contributed by atoms with E-state index in [9.17, 15) is 4.79 Å². The number of halogens is 1. The Morgan fingerprint density at radius 2 is 2.11 bits per heavy atom. The number of ketones is 1. The zero-order chi connectivity index (χ0) is 13.0. The van der Waals surface area contributed by atoms with Gasteiger partial charge in [0.15, 0.2) is 5.78 Å². The first-order chi connectivity index (χ1) is 8.70. The summed E-state index contributed by atoms with van der Waals surface area (Å²) in [5.41, 5.74) is 1.29. The second-order valence-corrected chi connectivity index (χ2v) is 4.49. The summed E-state index contributed by atoms with van der Waals surface area (Å²) in [6.07, 6.45) is 1.61. The number of hydrogen-bond acceptors (Lipinski definition) is 4. The molecule has 0 saturated carbocycles. The fraction of sp³-hybridized carbons (Fsp3) is 0.154. The van der Waals surface area contributed by atoms with Crippen molar-refractivity contribution in [2.45, 2.75) is 6.42 Å². The van der Waals surface area contributed by atoms with E-state index in [2.05, 4.69) is 25.9 Å². The smallest absolute Gasteiger partial charge is 0.216 e. The zero-order valence-corrected chi connectivity index (χ0v) is 11.3. The van der Waals surface area contributed by atoms with E-state index < -0.39 is 0 Å². The SMILES string of the molecule is COc1cc(CC(=O)c2ccccc2Br)ncn1. The predicted molar refractivity (Wildman–Crippen MR) is 70.8 cm³/mol. The summed E-state index contributed by atoms with van der Waals surface area (Å²) in [6.45, 7) is 0. The molecule has 4 nitrogen and oxygen atoms in total. The van der Waals surface area contributed by atoms with Crippen LogP contribution in [0.2, 0.25) is 0 Å². The molecule has 0 saturated heterocycles. The summed E-state index contributed by atoms with van der Waals surface area (Å²) < 4.78 is 5.78. The second-order valence-electron chi connectivity index (χ2n) is 3.63. The van der Waals surface area contributed by atoms with Crippen LogP contribution < -0.4 is 4.74 Å². The molecule has 0 spiro atoms. The van der Waals surface area contributed by atoms with Crippen LogP contribution in [0, 0.1) is 0 Å². The molecule has 18 heavy (non-hydrogen) atoms. The molecule has 5 heteroatoms. The van der Waals surface area contributed by atoms with Gasteiger partial charge >= 0.3 is 0 Å². The topological polar surface area (TPSA) is 52.1 Å². The molecule has 0 fully saturated rings. The van der Waals surface area contributed by atoms with Gasteiger partial charge in [0.05, 0.1) is 19.2 Å². The van der Waals surface area contributed by atoms with Gasteiger partial charge in [-0.2, -0.15) is 0 Å². The van der Waals surface area contributed by atoms with Crippen LogP contribution in [0.4, 0.5) is 0 Å². The Labute approximate surface area is 113 Å². The lowest BCUT2D eigenvalue weighted by Crippen LogP contribution is -2.06. The van der Waals surface area contributed by atoms with Crippen molar-refractivity contribution in [2.75, 3.05) is 7.11 Å². The van der Waals surface area contributed by atoms with E-state index in [1.165, 1.54) is 13.4 Å². The monoisotopic (exact) mass is 306 g/mol. The third-order valence-corrected chi connectivity index (χ3v) is 3.12. The number of ether oxygens (including phenoxy) is 1. The molecule has 92 valence electrons. The van der Waals surface area contributed by atoms with Gasteiger partial charge in [-0.25, -0.2) is 9.97 Å². The summed E-state index contributed by atoms with van der Waals surface area (Å²) in [7, 11) is 1.53. The molecule has 1 aromatic carbocycles. The van der Waals surface area contributed by atoms with Crippen LogP contribution in [-0.2, 0) is 6.42 Å². The first kappa shape index (κ1) is 12.7. The Balaban J connectivity index is 2.19. The highest BCUT2D eigenvalue weighted by molar-refractivity contribution is 9.10.